The van der Waals surface area contributed by atoms with Crippen molar-refractivity contribution in [3.05, 3.63) is 12.2 Å². The molecular formula is C42H56O58S14. The molecule has 0 N–H and O–H groups in total. The fourth-order valence-electron chi connectivity index (χ4n) is 7.13. The topological polar surface area (TPSA) is 818 Å². The molecule has 7 heterocycles. The van der Waals surface area contributed by atoms with Crippen LogP contribution in [0, 0.1) is 11.8 Å². The van der Waals surface area contributed by atoms with E-state index in [9.17, 15) is 156 Å². The number of rotatable bonds is 17. The van der Waals surface area contributed by atoms with Gasteiger partial charge >= 0.3 is 47.8 Å². The number of hydrogen-bond donors (Lipinski definition) is 0. The zero-order valence-corrected chi connectivity index (χ0v) is 67.7. The molecule has 72 heteroatoms. The summed E-state index contributed by atoms with van der Waals surface area (Å²) < 4.78 is 416. The zero-order chi connectivity index (χ0) is 86.8. The van der Waals surface area contributed by atoms with Gasteiger partial charge in [0.05, 0.1) is 25.7 Å². The number of ether oxygens (including phenoxy) is 8. The molecule has 7 aliphatic heterocycles. The fraction of sp³-hybridized carbons (Fsp3) is 0.714. The first-order valence-corrected chi connectivity index (χ1v) is 50.8. The summed E-state index contributed by atoms with van der Waals surface area (Å²) in [5.41, 5.74) is 0. The second-order valence-electron chi connectivity index (χ2n) is 20.9. The summed E-state index contributed by atoms with van der Waals surface area (Å²) in [6, 6.07) is 0. The number of carbonyl (C=O) groups excluding carboxylic acids is 8. The van der Waals surface area contributed by atoms with E-state index in [-0.39, 0.29) is 0 Å². The van der Waals surface area contributed by atoms with Crippen molar-refractivity contribution in [3.63, 3.8) is 0 Å². The van der Waals surface area contributed by atoms with E-state index in [1.54, 1.807) is 0 Å². The lowest BCUT2D eigenvalue weighted by molar-refractivity contribution is -0.165. The average Bonchev–Trinajstić information content (AvgIpc) is 1.60. The van der Waals surface area contributed by atoms with Crippen LogP contribution in [0.5, 0.6) is 0 Å². The van der Waals surface area contributed by atoms with Crippen molar-refractivity contribution < 1.29 is 253 Å². The average molecular weight is 1940 g/mol. The molecule has 0 bridgehead atoms. The monoisotopic (exact) mass is 1940 g/mol. The first kappa shape index (κ1) is 100. The molecule has 0 aromatic carbocycles. The summed E-state index contributed by atoms with van der Waals surface area (Å²) >= 11 is 0. The normalized spacial score (nSPS) is 28.8. The first-order valence-electron chi connectivity index (χ1n) is 28.7. The van der Waals surface area contributed by atoms with Crippen LogP contribution in [0.4, 0.5) is 0 Å². The van der Waals surface area contributed by atoms with E-state index in [0.717, 1.165) is 26.4 Å². The Hall–Kier alpha value is -6.20. The fourth-order valence-corrected chi connectivity index (χ4v) is 26.3. The van der Waals surface area contributed by atoms with Crippen LogP contribution >= 0.6 is 0 Å². The smallest absolute Gasteiger partial charge is 0.340 e. The standard InChI is InChI=1S/C12H16O16S4.C12H14O16S4.C10H14O16S4.C8H12O10S2/c2*13-11(9-5-25-29(15,16)7-31(19,20)27-9)23-3-1-2-4-24-12(14)10-6-26-30(17,18)8-32(21,22)28-10;11-9(7-3-23-27(13,14)5-29(17,18)25-7)21-1-2-22-10(12)8-4-24-28(15,16)6-30(19,20)26-8;1-15-7(9)5-6(8(10)16-2)18-20(13,14)4-3-19(11,12)17-5/h1-2,9-10H,3-8H2;9-10H,3-8H2;7-8H,1-6H2;5-6H,3-4H2,1-2H3/b2-1+;;;. The van der Waals surface area contributed by atoms with Gasteiger partial charge in [0.1, 0.15) is 66.1 Å². The Balaban J connectivity index is 0.000000324. The van der Waals surface area contributed by atoms with Gasteiger partial charge in [-0.1, -0.05) is 11.8 Å². The molecule has 8 unspecified atom stereocenters. The summed E-state index contributed by atoms with van der Waals surface area (Å²) in [5, 5.41) is -8.86. The van der Waals surface area contributed by atoms with E-state index in [2.05, 4.69) is 108 Å². The molecule has 656 valence electrons. The Labute approximate surface area is 645 Å². The van der Waals surface area contributed by atoms with Gasteiger partial charge < -0.3 is 37.9 Å². The second-order valence-corrected chi connectivity index (χ2v) is 45.9. The summed E-state index contributed by atoms with van der Waals surface area (Å²) in [5.74, 6) is -7.84. The van der Waals surface area contributed by atoms with E-state index in [1.807, 2.05) is 0 Å². The number of hydrogen-bond acceptors (Lipinski definition) is 58. The van der Waals surface area contributed by atoms with E-state index in [0.29, 0.717) is 0 Å². The van der Waals surface area contributed by atoms with Crippen LogP contribution in [-0.4, -0.2) is 350 Å². The van der Waals surface area contributed by atoms with Crippen LogP contribution in [0.3, 0.4) is 0 Å². The van der Waals surface area contributed by atoms with Crippen molar-refractivity contribution >= 4 is 189 Å². The highest BCUT2D eigenvalue weighted by molar-refractivity contribution is 8.06. The lowest BCUT2D eigenvalue weighted by Gasteiger charge is -2.24. The zero-order valence-electron chi connectivity index (χ0n) is 56.3. The van der Waals surface area contributed by atoms with Gasteiger partial charge in [-0.2, -0.15) is 118 Å². The maximum atomic E-state index is 11.8. The first-order chi connectivity index (χ1) is 51.9. The van der Waals surface area contributed by atoms with Crippen LogP contribution in [0.25, 0.3) is 0 Å². The number of carbonyl (C=O) groups is 8. The summed E-state index contributed by atoms with van der Waals surface area (Å²) in [6.45, 7) is -9.27. The highest BCUT2D eigenvalue weighted by atomic mass is 32.3. The third-order valence-electron chi connectivity index (χ3n) is 11.6. The molecule has 7 aliphatic rings. The second kappa shape index (κ2) is 40.5. The van der Waals surface area contributed by atoms with Crippen molar-refractivity contribution in [2.24, 2.45) is 0 Å². The molecule has 0 radical (unpaired) electrons. The van der Waals surface area contributed by atoms with Gasteiger partial charge in [-0.05, 0) is 12.2 Å². The molecule has 58 nitrogen and oxygen atoms in total. The van der Waals surface area contributed by atoms with Crippen molar-refractivity contribution in [2.45, 2.75) is 48.8 Å². The Bertz CT molecular complexity index is 5090. The third-order valence-corrected chi connectivity index (χ3v) is 34.2. The SMILES string of the molecule is COC(=O)C1OS(=O)(=O)CCS(=O)(=O)OC1C(=O)OC.O=C(OC/C=C/COC(=O)C1COS(=O)(=O)CS(=O)(=O)O1)C1COS(=O)(=O)CS(=O)(=O)O1.O=C(OCC#CCOC(=O)C1COS(=O)(=O)CS(=O)(=O)O1)C1COS(=O)(=O)CS(=O)(=O)O1.O=C(OCCOC(=O)C1COS(=O)(=O)CS(=O)(=O)O1)C1COS(=O)(=O)CS(=O)(=O)O1. The highest BCUT2D eigenvalue weighted by Crippen LogP contribution is 2.22. The van der Waals surface area contributed by atoms with Gasteiger partial charge in [0, 0.05) is 0 Å². The largest absolute Gasteiger partial charge is 0.467 e. The maximum Gasteiger partial charge on any atom is 0.340 e. The van der Waals surface area contributed by atoms with Crippen LogP contribution in [0.15, 0.2) is 12.2 Å². The van der Waals surface area contributed by atoms with Crippen LogP contribution in [0.1, 0.15) is 0 Å². The third kappa shape index (κ3) is 36.8. The van der Waals surface area contributed by atoms with E-state index in [4.69, 9.17) is 0 Å². The minimum Gasteiger partial charge on any atom is -0.467 e. The molecule has 0 aliphatic carbocycles. The predicted octanol–water partition coefficient (Wildman–Crippen LogP) is -13.3. The summed E-state index contributed by atoms with van der Waals surface area (Å²) in [6.07, 6.45) is -13.3. The summed E-state index contributed by atoms with van der Waals surface area (Å²) in [7, 11) is -61.3. The van der Waals surface area contributed by atoms with Crippen molar-refractivity contribution in [1.29, 1.82) is 0 Å². The van der Waals surface area contributed by atoms with Crippen LogP contribution in [-0.2, 0) is 276 Å². The van der Waals surface area contributed by atoms with Crippen molar-refractivity contribution in [1.82, 2.24) is 0 Å². The molecule has 0 aromatic heterocycles. The molecule has 0 saturated carbocycles. The Morgan fingerprint density at radius 3 is 0.658 bits per heavy atom. The van der Waals surface area contributed by atoms with Crippen LogP contribution in [0.2, 0.25) is 0 Å². The van der Waals surface area contributed by atoms with Gasteiger partial charge in [0.25, 0.3) is 142 Å². The predicted molar refractivity (Wildman–Crippen MR) is 345 cm³/mol. The summed E-state index contributed by atoms with van der Waals surface area (Å²) in [4.78, 5) is 93.6. The molecule has 7 rings (SSSR count). The van der Waals surface area contributed by atoms with Gasteiger partial charge in [-0.25, -0.2) is 38.4 Å². The lowest BCUT2D eigenvalue weighted by atomic mass is 10.2. The Kier molecular flexibility index (Phi) is 35.6. The van der Waals surface area contributed by atoms with E-state index in [1.165, 1.54) is 0 Å². The van der Waals surface area contributed by atoms with Crippen molar-refractivity contribution in [2.75, 3.05) is 136 Å². The highest BCUT2D eigenvalue weighted by Gasteiger charge is 2.48. The quantitative estimate of drug-likeness (QED) is 0.0326. The molecular weight excluding hydrogens is 1880 g/mol. The molecule has 7 saturated heterocycles. The van der Waals surface area contributed by atoms with E-state index >= 15 is 0 Å². The Morgan fingerprint density at radius 2 is 0.456 bits per heavy atom. The minimum atomic E-state index is -4.64. The van der Waals surface area contributed by atoms with Gasteiger partial charge in [-0.15, -0.1) is 0 Å². The molecule has 114 heavy (non-hydrogen) atoms. The van der Waals surface area contributed by atoms with Crippen molar-refractivity contribution in [3.8, 4) is 11.8 Å². The number of esters is 8. The molecule has 8 atom stereocenters. The Morgan fingerprint density at radius 1 is 0.263 bits per heavy atom. The molecule has 0 aromatic rings. The lowest BCUT2D eigenvalue weighted by Crippen LogP contribution is -2.49. The maximum absolute atomic E-state index is 11.8. The van der Waals surface area contributed by atoms with Gasteiger partial charge in [0.15, 0.2) is 49.8 Å². The van der Waals surface area contributed by atoms with Crippen LogP contribution < -0.4 is 0 Å². The van der Waals surface area contributed by atoms with E-state index < -0.39 is 360 Å². The van der Waals surface area contributed by atoms with Gasteiger partial charge in [-0.3, -0.25) is 58.6 Å². The minimum absolute atomic E-state index is 0.474. The molecule has 0 amide bonds. The van der Waals surface area contributed by atoms with Gasteiger partial charge in [0.2, 0.25) is 42.7 Å². The molecule has 7 fully saturated rings. The molecule has 0 spiro atoms. The number of methoxy groups -OCH3 is 2.